The highest BCUT2D eigenvalue weighted by molar-refractivity contribution is 5.36. The predicted molar refractivity (Wildman–Crippen MR) is 56.0 cm³/mol. The number of aryl methyl sites for hydroxylation is 2. The van der Waals surface area contributed by atoms with Crippen LogP contribution in [0.15, 0.2) is 18.2 Å². The minimum Gasteiger partial charge on any atom is -0.508 e. The summed E-state index contributed by atoms with van der Waals surface area (Å²) in [7, 11) is 1.69. The topological polar surface area (TPSA) is 73.1 Å². The van der Waals surface area contributed by atoms with Crippen molar-refractivity contribution in [1.82, 2.24) is 20.2 Å². The van der Waals surface area contributed by atoms with Gasteiger partial charge in [0, 0.05) is 6.07 Å². The number of ether oxygens (including phenoxy) is 1. The van der Waals surface area contributed by atoms with E-state index >= 15 is 0 Å². The van der Waals surface area contributed by atoms with E-state index < -0.39 is 0 Å². The van der Waals surface area contributed by atoms with Crippen LogP contribution in [0.5, 0.6) is 11.5 Å². The van der Waals surface area contributed by atoms with Crippen molar-refractivity contribution in [3.05, 3.63) is 29.6 Å². The van der Waals surface area contributed by atoms with E-state index in [2.05, 4.69) is 15.4 Å². The molecule has 0 saturated carbocycles. The second-order valence-corrected chi connectivity index (χ2v) is 3.49. The van der Waals surface area contributed by atoms with Gasteiger partial charge >= 0.3 is 0 Å². The van der Waals surface area contributed by atoms with Crippen LogP contribution in [-0.2, 0) is 13.7 Å². The minimum atomic E-state index is 0.183. The van der Waals surface area contributed by atoms with Crippen LogP contribution in [0.25, 0.3) is 0 Å². The van der Waals surface area contributed by atoms with Crippen LogP contribution in [0, 0.1) is 6.92 Å². The molecular formula is C10H12N4O2. The van der Waals surface area contributed by atoms with Gasteiger partial charge in [0.2, 0.25) is 5.82 Å². The molecule has 0 aliphatic heterocycles. The molecule has 0 aliphatic rings. The van der Waals surface area contributed by atoms with Crippen LogP contribution in [-0.4, -0.2) is 25.3 Å². The maximum absolute atomic E-state index is 9.37. The summed E-state index contributed by atoms with van der Waals surface area (Å²) in [5, 5.41) is 20.8. The zero-order chi connectivity index (χ0) is 11.5. The Kier molecular flexibility index (Phi) is 2.72. The van der Waals surface area contributed by atoms with E-state index in [0.717, 1.165) is 5.56 Å². The van der Waals surface area contributed by atoms with Crippen LogP contribution in [0.1, 0.15) is 11.4 Å². The molecule has 1 heterocycles. The largest absolute Gasteiger partial charge is 0.508 e. The first-order valence-corrected chi connectivity index (χ1v) is 4.80. The maximum atomic E-state index is 9.37. The van der Waals surface area contributed by atoms with Gasteiger partial charge in [0.05, 0.1) is 7.05 Å². The van der Waals surface area contributed by atoms with Crippen LogP contribution in [0.2, 0.25) is 0 Å². The average Bonchev–Trinajstić information content (AvgIpc) is 2.60. The molecule has 2 rings (SSSR count). The lowest BCUT2D eigenvalue weighted by atomic mass is 10.2. The minimum absolute atomic E-state index is 0.183. The Morgan fingerprint density at radius 2 is 2.19 bits per heavy atom. The summed E-state index contributed by atoms with van der Waals surface area (Å²) in [5.41, 5.74) is 0.933. The Morgan fingerprint density at radius 1 is 1.38 bits per heavy atom. The third-order valence-electron chi connectivity index (χ3n) is 1.95. The molecule has 0 unspecified atom stereocenters. The number of nitrogens with zero attached hydrogens (tertiary/aromatic N) is 4. The second kappa shape index (κ2) is 4.18. The summed E-state index contributed by atoms with van der Waals surface area (Å²) >= 11 is 0. The normalized spacial score (nSPS) is 10.4. The number of tetrazole rings is 1. The van der Waals surface area contributed by atoms with E-state index in [0.29, 0.717) is 11.6 Å². The molecule has 1 aromatic heterocycles. The number of hydrogen-bond acceptors (Lipinski definition) is 5. The molecule has 0 spiro atoms. The summed E-state index contributed by atoms with van der Waals surface area (Å²) in [5.74, 6) is 1.27. The van der Waals surface area contributed by atoms with Gasteiger partial charge in [0.25, 0.3) is 0 Å². The van der Waals surface area contributed by atoms with Crippen molar-refractivity contribution in [3.8, 4) is 11.5 Å². The molecule has 0 aliphatic carbocycles. The number of aromatic hydroxyl groups is 1. The zero-order valence-electron chi connectivity index (χ0n) is 9.08. The Bertz CT molecular complexity index is 475. The SMILES string of the molecule is Cc1cc(O)cc(OCc2nnn(C)n2)c1. The molecule has 1 N–H and O–H groups in total. The van der Waals surface area contributed by atoms with Gasteiger partial charge in [-0.05, 0) is 29.8 Å². The average molecular weight is 220 g/mol. The van der Waals surface area contributed by atoms with Gasteiger partial charge in [-0.2, -0.15) is 4.80 Å². The van der Waals surface area contributed by atoms with Crippen molar-refractivity contribution in [2.24, 2.45) is 7.05 Å². The monoisotopic (exact) mass is 220 g/mol. The standard InChI is InChI=1S/C10H12N4O2/c1-7-3-8(15)5-9(4-7)16-6-10-11-13-14(2)12-10/h3-5,15H,6H2,1-2H3. The van der Waals surface area contributed by atoms with Gasteiger partial charge in [-0.3, -0.25) is 0 Å². The van der Waals surface area contributed by atoms with Crippen molar-refractivity contribution in [2.45, 2.75) is 13.5 Å². The van der Waals surface area contributed by atoms with Crippen molar-refractivity contribution < 1.29 is 9.84 Å². The van der Waals surface area contributed by atoms with E-state index in [1.165, 1.54) is 4.80 Å². The molecule has 16 heavy (non-hydrogen) atoms. The fourth-order valence-corrected chi connectivity index (χ4v) is 1.34. The summed E-state index contributed by atoms with van der Waals surface area (Å²) in [6, 6.07) is 5.03. The quantitative estimate of drug-likeness (QED) is 0.828. The number of phenols is 1. The van der Waals surface area contributed by atoms with Crippen molar-refractivity contribution in [2.75, 3.05) is 0 Å². The summed E-state index contributed by atoms with van der Waals surface area (Å²) in [6.45, 7) is 2.11. The van der Waals surface area contributed by atoms with Crippen LogP contribution in [0.4, 0.5) is 0 Å². The van der Waals surface area contributed by atoms with Crippen molar-refractivity contribution >= 4 is 0 Å². The lowest BCUT2D eigenvalue weighted by Crippen LogP contribution is -1.99. The van der Waals surface area contributed by atoms with Gasteiger partial charge in [-0.1, -0.05) is 0 Å². The number of aromatic nitrogens is 4. The Morgan fingerprint density at radius 3 is 2.81 bits per heavy atom. The first kappa shape index (κ1) is 10.4. The molecule has 0 radical (unpaired) electrons. The van der Waals surface area contributed by atoms with Gasteiger partial charge in [0.15, 0.2) is 6.61 Å². The summed E-state index contributed by atoms with van der Waals surface area (Å²) < 4.78 is 5.43. The van der Waals surface area contributed by atoms with Gasteiger partial charge in [-0.25, -0.2) is 0 Å². The number of phenolic OH excluding ortho intramolecular Hbond substituents is 1. The zero-order valence-corrected chi connectivity index (χ0v) is 9.08. The molecule has 0 atom stereocenters. The number of benzene rings is 1. The van der Waals surface area contributed by atoms with Gasteiger partial charge in [-0.15, -0.1) is 10.2 Å². The molecule has 2 aromatic rings. The van der Waals surface area contributed by atoms with E-state index in [4.69, 9.17) is 4.74 Å². The van der Waals surface area contributed by atoms with E-state index in [1.54, 1.807) is 19.2 Å². The molecule has 1 aromatic carbocycles. The third kappa shape index (κ3) is 2.47. The molecule has 0 amide bonds. The number of rotatable bonds is 3. The molecular weight excluding hydrogens is 208 g/mol. The highest BCUT2D eigenvalue weighted by Gasteiger charge is 2.03. The van der Waals surface area contributed by atoms with Crippen LogP contribution < -0.4 is 4.74 Å². The Hall–Kier alpha value is -2.11. The Balaban J connectivity index is 2.04. The first-order valence-electron chi connectivity index (χ1n) is 4.80. The summed E-state index contributed by atoms with van der Waals surface area (Å²) in [6.07, 6.45) is 0. The number of hydrogen-bond donors (Lipinski definition) is 1. The molecule has 0 bridgehead atoms. The lowest BCUT2D eigenvalue weighted by Gasteiger charge is -2.04. The maximum Gasteiger partial charge on any atom is 0.212 e. The summed E-state index contributed by atoms with van der Waals surface area (Å²) in [4.78, 5) is 1.37. The van der Waals surface area contributed by atoms with E-state index in [-0.39, 0.29) is 12.4 Å². The predicted octanol–water partition coefficient (Wildman–Crippen LogP) is 0.803. The smallest absolute Gasteiger partial charge is 0.212 e. The third-order valence-corrected chi connectivity index (χ3v) is 1.95. The first-order chi connectivity index (χ1) is 7.63. The molecule has 0 fully saturated rings. The highest BCUT2D eigenvalue weighted by atomic mass is 16.5. The van der Waals surface area contributed by atoms with Crippen LogP contribution in [0.3, 0.4) is 0 Å². The second-order valence-electron chi connectivity index (χ2n) is 3.49. The van der Waals surface area contributed by atoms with E-state index in [9.17, 15) is 5.11 Å². The van der Waals surface area contributed by atoms with Crippen molar-refractivity contribution in [3.63, 3.8) is 0 Å². The van der Waals surface area contributed by atoms with Gasteiger partial charge in [0.1, 0.15) is 11.5 Å². The molecule has 84 valence electrons. The van der Waals surface area contributed by atoms with Crippen LogP contribution >= 0.6 is 0 Å². The molecule has 6 heteroatoms. The fraction of sp³-hybridized carbons (Fsp3) is 0.300. The molecule has 6 nitrogen and oxygen atoms in total. The fourth-order valence-electron chi connectivity index (χ4n) is 1.34. The van der Waals surface area contributed by atoms with Crippen molar-refractivity contribution in [1.29, 1.82) is 0 Å². The highest BCUT2D eigenvalue weighted by Crippen LogP contribution is 2.21. The van der Waals surface area contributed by atoms with E-state index in [1.807, 2.05) is 13.0 Å². The van der Waals surface area contributed by atoms with Gasteiger partial charge < -0.3 is 9.84 Å². The Labute approximate surface area is 92.5 Å². The molecule has 0 saturated heterocycles. The lowest BCUT2D eigenvalue weighted by molar-refractivity contribution is 0.293.